The Labute approximate surface area is 140 Å². The molecule has 0 bridgehead atoms. The third-order valence-electron chi connectivity index (χ3n) is 4.40. The molecule has 0 aliphatic carbocycles. The Hall–Kier alpha value is -1.07. The Morgan fingerprint density at radius 2 is 2.26 bits per heavy atom. The topological polar surface area (TPSA) is 50.8 Å². The smallest absolute Gasteiger partial charge is 0.410 e. The highest BCUT2D eigenvalue weighted by Crippen LogP contribution is 2.23. The summed E-state index contributed by atoms with van der Waals surface area (Å²) in [6, 6.07) is 0.521. The van der Waals surface area contributed by atoms with Crippen molar-refractivity contribution in [2.45, 2.75) is 71.1 Å². The number of rotatable bonds is 4. The molecule has 0 saturated carbocycles. The maximum atomic E-state index is 12.5. The molecule has 5 heteroatoms. The standard InChI is InChI=1S/C18H32N2O3/c1-5-16-15(19-12-14-8-7-11-22-13-14)9-6-10-20(16)17(21)23-18(2,3)4/h8,15-16,19H,5-7,9-13H2,1-4H3. The minimum atomic E-state index is -0.444. The Kier molecular flexibility index (Phi) is 6.48. The van der Waals surface area contributed by atoms with Crippen LogP contribution in [-0.2, 0) is 9.47 Å². The second kappa shape index (κ2) is 8.15. The lowest BCUT2D eigenvalue weighted by Crippen LogP contribution is -2.56. The van der Waals surface area contributed by atoms with E-state index in [1.165, 1.54) is 5.57 Å². The Bertz CT molecular complexity index is 428. The van der Waals surface area contributed by atoms with Crippen molar-refractivity contribution in [3.05, 3.63) is 11.6 Å². The van der Waals surface area contributed by atoms with Crippen LogP contribution in [0.2, 0.25) is 0 Å². The van der Waals surface area contributed by atoms with Gasteiger partial charge < -0.3 is 19.7 Å². The molecular formula is C18H32N2O3. The minimum absolute atomic E-state index is 0.184. The molecule has 0 spiro atoms. The van der Waals surface area contributed by atoms with E-state index in [9.17, 15) is 4.79 Å². The summed E-state index contributed by atoms with van der Waals surface area (Å²) in [5, 5.41) is 3.64. The molecule has 0 aromatic heterocycles. The summed E-state index contributed by atoms with van der Waals surface area (Å²) in [6.07, 6.45) is 6.15. The van der Waals surface area contributed by atoms with Gasteiger partial charge in [-0.2, -0.15) is 0 Å². The lowest BCUT2D eigenvalue weighted by atomic mass is 9.94. The van der Waals surface area contributed by atoms with Gasteiger partial charge in [0, 0.05) is 19.1 Å². The molecule has 1 fully saturated rings. The number of carbonyl (C=O) groups excluding carboxylic acids is 1. The van der Waals surface area contributed by atoms with Crippen LogP contribution in [0.25, 0.3) is 0 Å². The SMILES string of the molecule is CCC1C(NCC2=CCCOC2)CCCN1C(=O)OC(C)(C)C. The van der Waals surface area contributed by atoms with Gasteiger partial charge in [-0.25, -0.2) is 4.79 Å². The molecule has 2 aliphatic heterocycles. The van der Waals surface area contributed by atoms with Crippen molar-refractivity contribution in [3.8, 4) is 0 Å². The number of hydrogen-bond acceptors (Lipinski definition) is 4. The molecule has 2 rings (SSSR count). The second-order valence-corrected chi connectivity index (χ2v) is 7.48. The van der Waals surface area contributed by atoms with Gasteiger partial charge in [0.1, 0.15) is 5.60 Å². The van der Waals surface area contributed by atoms with Gasteiger partial charge in [0.05, 0.1) is 19.3 Å². The van der Waals surface area contributed by atoms with E-state index in [-0.39, 0.29) is 12.1 Å². The lowest BCUT2D eigenvalue weighted by Gasteiger charge is -2.42. The molecule has 2 atom stereocenters. The number of hydrogen-bond donors (Lipinski definition) is 1. The van der Waals surface area contributed by atoms with Crippen LogP contribution in [0.1, 0.15) is 53.4 Å². The van der Waals surface area contributed by atoms with Crippen molar-refractivity contribution in [3.63, 3.8) is 0 Å². The summed E-state index contributed by atoms with van der Waals surface area (Å²) in [6.45, 7) is 11.1. The zero-order valence-corrected chi connectivity index (χ0v) is 15.1. The minimum Gasteiger partial charge on any atom is -0.444 e. The van der Waals surface area contributed by atoms with E-state index < -0.39 is 5.60 Å². The molecule has 1 amide bonds. The Morgan fingerprint density at radius 1 is 1.48 bits per heavy atom. The molecule has 2 aliphatic rings. The predicted molar refractivity (Wildman–Crippen MR) is 91.6 cm³/mol. The summed E-state index contributed by atoms with van der Waals surface area (Å²) in [7, 11) is 0. The van der Waals surface area contributed by atoms with Crippen molar-refractivity contribution in [2.24, 2.45) is 0 Å². The normalized spacial score (nSPS) is 25.9. The lowest BCUT2D eigenvalue weighted by molar-refractivity contribution is 0.00398. The number of piperidine rings is 1. The first-order chi connectivity index (χ1) is 10.9. The van der Waals surface area contributed by atoms with E-state index in [0.29, 0.717) is 6.04 Å². The van der Waals surface area contributed by atoms with Crippen molar-refractivity contribution < 1.29 is 14.3 Å². The zero-order chi connectivity index (χ0) is 16.9. The average Bonchev–Trinajstić information content (AvgIpc) is 2.51. The summed E-state index contributed by atoms with van der Waals surface area (Å²) in [4.78, 5) is 14.4. The number of ether oxygens (including phenoxy) is 2. The monoisotopic (exact) mass is 324 g/mol. The van der Waals surface area contributed by atoms with E-state index in [1.54, 1.807) is 0 Å². The first-order valence-corrected chi connectivity index (χ1v) is 8.89. The quantitative estimate of drug-likeness (QED) is 0.807. The summed E-state index contributed by atoms with van der Waals surface area (Å²) < 4.78 is 11.1. The number of nitrogens with one attached hydrogen (secondary N) is 1. The second-order valence-electron chi connectivity index (χ2n) is 7.48. The number of carbonyl (C=O) groups is 1. The van der Waals surface area contributed by atoms with Crippen molar-refractivity contribution in [1.29, 1.82) is 0 Å². The van der Waals surface area contributed by atoms with Gasteiger partial charge in [-0.3, -0.25) is 0 Å². The number of nitrogens with zero attached hydrogens (tertiary/aromatic N) is 1. The van der Waals surface area contributed by atoms with E-state index in [2.05, 4.69) is 18.3 Å². The predicted octanol–water partition coefficient (Wildman–Crippen LogP) is 3.10. The zero-order valence-electron chi connectivity index (χ0n) is 15.1. The van der Waals surface area contributed by atoms with Gasteiger partial charge in [-0.1, -0.05) is 13.0 Å². The highest BCUT2D eigenvalue weighted by molar-refractivity contribution is 5.68. The number of amides is 1. The van der Waals surface area contributed by atoms with Gasteiger partial charge >= 0.3 is 6.09 Å². The van der Waals surface area contributed by atoms with Crippen LogP contribution >= 0.6 is 0 Å². The largest absolute Gasteiger partial charge is 0.444 e. The fourth-order valence-electron chi connectivity index (χ4n) is 3.34. The first kappa shape index (κ1) is 18.3. The van der Waals surface area contributed by atoms with E-state index >= 15 is 0 Å². The highest BCUT2D eigenvalue weighted by atomic mass is 16.6. The molecule has 0 radical (unpaired) electrons. The third kappa shape index (κ3) is 5.50. The molecule has 0 aromatic rings. The van der Waals surface area contributed by atoms with Crippen molar-refractivity contribution in [1.82, 2.24) is 10.2 Å². The molecule has 0 aromatic carbocycles. The third-order valence-corrected chi connectivity index (χ3v) is 4.40. The van der Waals surface area contributed by atoms with Gasteiger partial charge in [-0.15, -0.1) is 0 Å². The van der Waals surface area contributed by atoms with Gasteiger partial charge in [0.2, 0.25) is 0 Å². The van der Waals surface area contributed by atoms with Crippen molar-refractivity contribution >= 4 is 6.09 Å². The van der Waals surface area contributed by atoms with Gasteiger partial charge in [-0.05, 0) is 52.0 Å². The van der Waals surface area contributed by atoms with E-state index in [1.807, 2.05) is 25.7 Å². The molecule has 23 heavy (non-hydrogen) atoms. The average molecular weight is 324 g/mol. The van der Waals surface area contributed by atoms with Crippen LogP contribution in [-0.4, -0.2) is 55.0 Å². The van der Waals surface area contributed by atoms with E-state index in [0.717, 1.165) is 52.0 Å². The van der Waals surface area contributed by atoms with Crippen LogP contribution in [0.3, 0.4) is 0 Å². The van der Waals surface area contributed by atoms with Crippen LogP contribution in [0.5, 0.6) is 0 Å². The molecule has 2 unspecified atom stereocenters. The fraction of sp³-hybridized carbons (Fsp3) is 0.833. The van der Waals surface area contributed by atoms with Crippen molar-refractivity contribution in [2.75, 3.05) is 26.3 Å². The molecule has 1 saturated heterocycles. The van der Waals surface area contributed by atoms with Crippen LogP contribution in [0.15, 0.2) is 11.6 Å². The van der Waals surface area contributed by atoms with Crippen LogP contribution < -0.4 is 5.32 Å². The maximum absolute atomic E-state index is 12.5. The molecule has 1 N–H and O–H groups in total. The first-order valence-electron chi connectivity index (χ1n) is 8.89. The Balaban J connectivity index is 1.94. The molecule has 2 heterocycles. The molecule has 5 nitrogen and oxygen atoms in total. The summed E-state index contributed by atoms with van der Waals surface area (Å²) >= 11 is 0. The maximum Gasteiger partial charge on any atom is 0.410 e. The highest BCUT2D eigenvalue weighted by Gasteiger charge is 2.35. The summed E-state index contributed by atoms with van der Waals surface area (Å²) in [5.41, 5.74) is 0.875. The summed E-state index contributed by atoms with van der Waals surface area (Å²) in [5.74, 6) is 0. The van der Waals surface area contributed by atoms with Crippen LogP contribution in [0.4, 0.5) is 4.79 Å². The number of likely N-dealkylation sites (tertiary alicyclic amines) is 1. The van der Waals surface area contributed by atoms with E-state index in [4.69, 9.17) is 9.47 Å². The Morgan fingerprint density at radius 3 is 2.87 bits per heavy atom. The van der Waals surface area contributed by atoms with Gasteiger partial charge in [0.15, 0.2) is 0 Å². The van der Waals surface area contributed by atoms with Crippen LogP contribution in [0, 0.1) is 0 Å². The van der Waals surface area contributed by atoms with Gasteiger partial charge in [0.25, 0.3) is 0 Å². The fourth-order valence-corrected chi connectivity index (χ4v) is 3.34. The molecular weight excluding hydrogens is 292 g/mol. The molecule has 132 valence electrons.